The van der Waals surface area contributed by atoms with Crippen molar-refractivity contribution in [2.45, 2.75) is 44.8 Å². The minimum Gasteiger partial charge on any atom is -0.300 e. The molecule has 9 heteroatoms. The van der Waals surface area contributed by atoms with Gasteiger partial charge in [-0.1, -0.05) is 6.42 Å². The van der Waals surface area contributed by atoms with Crippen molar-refractivity contribution in [3.63, 3.8) is 0 Å². The van der Waals surface area contributed by atoms with Crippen LogP contribution in [0.1, 0.15) is 32.6 Å². The molecule has 0 amide bonds. The Balaban J connectivity index is 2.75. The van der Waals surface area contributed by atoms with E-state index in [2.05, 4.69) is 0 Å². The maximum atomic E-state index is 12.1. The molecule has 0 spiro atoms. The number of nitrogens with zero attached hydrogens (tertiary/aromatic N) is 1. The molecule has 1 saturated heterocycles. The molecule has 5 nitrogen and oxygen atoms in total. The molecule has 1 heterocycles. The molecular weight excluding hydrogens is 285 g/mol. The Bertz CT molecular complexity index is 422. The van der Waals surface area contributed by atoms with E-state index >= 15 is 0 Å². The average molecular weight is 302 g/mol. The number of hydrogen-bond donors (Lipinski definition) is 1. The second-order valence-electron chi connectivity index (χ2n) is 4.61. The van der Waals surface area contributed by atoms with Crippen molar-refractivity contribution in [3.05, 3.63) is 0 Å². The normalized spacial score (nSPS) is 22.4. The summed E-state index contributed by atoms with van der Waals surface area (Å²) in [7, 11) is -4.20. The molecule has 0 aliphatic carbocycles. The maximum Gasteiger partial charge on any atom is 0.402 e. The Morgan fingerprint density at radius 2 is 2.00 bits per heavy atom. The number of ketones is 1. The molecular formula is C10H17F3N2O3S. The highest BCUT2D eigenvalue weighted by Gasteiger charge is 2.36. The molecule has 1 fully saturated rings. The smallest absolute Gasteiger partial charge is 0.300 e. The number of nitrogens with one attached hydrogen (secondary N) is 1. The largest absolute Gasteiger partial charge is 0.402 e. The fourth-order valence-corrected chi connectivity index (χ4v) is 3.54. The van der Waals surface area contributed by atoms with Gasteiger partial charge in [0.1, 0.15) is 12.3 Å². The molecule has 0 saturated carbocycles. The number of Topliss-reactive ketones (excluding diaryl/α,β-unsaturated/α-hetero) is 1. The summed E-state index contributed by atoms with van der Waals surface area (Å²) in [6.45, 7) is -0.119. The van der Waals surface area contributed by atoms with Crippen molar-refractivity contribution >= 4 is 16.0 Å². The Morgan fingerprint density at radius 3 is 2.53 bits per heavy atom. The van der Waals surface area contributed by atoms with E-state index in [0.717, 1.165) is 10.7 Å². The van der Waals surface area contributed by atoms with Gasteiger partial charge in [-0.15, -0.1) is 0 Å². The predicted molar refractivity (Wildman–Crippen MR) is 62.6 cm³/mol. The van der Waals surface area contributed by atoms with Crippen LogP contribution in [0, 0.1) is 0 Å². The number of halogens is 3. The topological polar surface area (TPSA) is 66.5 Å². The highest BCUT2D eigenvalue weighted by Crippen LogP contribution is 2.23. The molecule has 1 N–H and O–H groups in total. The standard InChI is InChI=1S/C10H17F3N2O3S/c1-8(16)6-9-4-2-3-5-15(9)19(17,18)14-7-10(11,12)13/h9,14H,2-7H2,1H3. The number of piperidine rings is 1. The lowest BCUT2D eigenvalue weighted by Gasteiger charge is -2.34. The molecule has 19 heavy (non-hydrogen) atoms. The van der Waals surface area contributed by atoms with Crippen molar-refractivity contribution in [1.82, 2.24) is 9.03 Å². The van der Waals surface area contributed by atoms with E-state index in [1.54, 1.807) is 0 Å². The van der Waals surface area contributed by atoms with Gasteiger partial charge in [0.2, 0.25) is 0 Å². The zero-order valence-electron chi connectivity index (χ0n) is 10.5. The lowest BCUT2D eigenvalue weighted by molar-refractivity contribution is -0.122. The van der Waals surface area contributed by atoms with Crippen LogP contribution in [0.5, 0.6) is 0 Å². The monoisotopic (exact) mass is 302 g/mol. The van der Waals surface area contributed by atoms with E-state index in [1.165, 1.54) is 11.6 Å². The first-order valence-corrected chi connectivity index (χ1v) is 7.38. The Labute approximate surface area is 110 Å². The predicted octanol–water partition coefficient (Wildman–Crippen LogP) is 1.22. The van der Waals surface area contributed by atoms with Crippen LogP contribution in [-0.4, -0.2) is 43.8 Å². The van der Waals surface area contributed by atoms with E-state index in [1.807, 2.05) is 0 Å². The number of rotatable bonds is 5. The Morgan fingerprint density at radius 1 is 1.37 bits per heavy atom. The van der Waals surface area contributed by atoms with Crippen LogP contribution < -0.4 is 4.72 Å². The van der Waals surface area contributed by atoms with E-state index < -0.39 is 29.0 Å². The van der Waals surface area contributed by atoms with Crippen LogP contribution in [0.25, 0.3) is 0 Å². The number of carbonyl (C=O) groups excluding carboxylic acids is 1. The van der Waals surface area contributed by atoms with Crippen molar-refractivity contribution in [2.24, 2.45) is 0 Å². The first-order chi connectivity index (χ1) is 8.62. The summed E-state index contributed by atoms with van der Waals surface area (Å²) in [6, 6.07) is -0.544. The third kappa shape index (κ3) is 5.45. The summed E-state index contributed by atoms with van der Waals surface area (Å²) in [5.74, 6) is -0.178. The summed E-state index contributed by atoms with van der Waals surface area (Å²) in [5, 5.41) is 0. The van der Waals surface area contributed by atoms with E-state index in [4.69, 9.17) is 0 Å². The summed E-state index contributed by atoms with van der Waals surface area (Å²) in [4.78, 5) is 11.1. The summed E-state index contributed by atoms with van der Waals surface area (Å²) in [5.41, 5.74) is 0. The van der Waals surface area contributed by atoms with Gasteiger partial charge < -0.3 is 0 Å². The summed E-state index contributed by atoms with van der Waals surface area (Å²) >= 11 is 0. The first-order valence-electron chi connectivity index (χ1n) is 5.94. The molecule has 0 aromatic carbocycles. The van der Waals surface area contributed by atoms with Crippen LogP contribution in [0.2, 0.25) is 0 Å². The second kappa shape index (κ2) is 6.19. The van der Waals surface area contributed by atoms with Gasteiger partial charge in [-0.05, 0) is 19.8 Å². The highest BCUT2D eigenvalue weighted by atomic mass is 32.2. The van der Waals surface area contributed by atoms with E-state index in [9.17, 15) is 26.4 Å². The van der Waals surface area contributed by atoms with Gasteiger partial charge >= 0.3 is 6.18 Å². The maximum absolute atomic E-state index is 12.1. The van der Waals surface area contributed by atoms with Crippen molar-refractivity contribution < 1.29 is 26.4 Å². The van der Waals surface area contributed by atoms with Gasteiger partial charge in [0, 0.05) is 19.0 Å². The highest BCUT2D eigenvalue weighted by molar-refractivity contribution is 7.87. The molecule has 1 atom stereocenters. The molecule has 0 bridgehead atoms. The van der Waals surface area contributed by atoms with E-state index in [0.29, 0.717) is 12.8 Å². The fourth-order valence-electron chi connectivity index (χ4n) is 2.08. The summed E-state index contributed by atoms with van der Waals surface area (Å²) < 4.78 is 62.3. The van der Waals surface area contributed by atoms with Crippen LogP contribution >= 0.6 is 0 Å². The minimum absolute atomic E-state index is 0.0347. The lowest BCUT2D eigenvalue weighted by atomic mass is 10.0. The lowest BCUT2D eigenvalue weighted by Crippen LogP contribution is -2.51. The fraction of sp³-hybridized carbons (Fsp3) is 0.900. The van der Waals surface area contributed by atoms with Gasteiger partial charge in [-0.2, -0.15) is 30.6 Å². The van der Waals surface area contributed by atoms with Gasteiger partial charge in [0.25, 0.3) is 10.2 Å². The second-order valence-corrected chi connectivity index (χ2v) is 6.32. The molecule has 1 rings (SSSR count). The number of carbonyl (C=O) groups is 1. The number of alkyl halides is 3. The van der Waals surface area contributed by atoms with Gasteiger partial charge in [0.05, 0.1) is 0 Å². The summed E-state index contributed by atoms with van der Waals surface area (Å²) in [6.07, 6.45) is -2.72. The van der Waals surface area contributed by atoms with Gasteiger partial charge in [0.15, 0.2) is 0 Å². The quantitative estimate of drug-likeness (QED) is 0.830. The van der Waals surface area contributed by atoms with Gasteiger partial charge in [-0.3, -0.25) is 4.79 Å². The zero-order chi connectivity index (χ0) is 14.7. The average Bonchev–Trinajstić information content (AvgIpc) is 2.25. The number of hydrogen-bond acceptors (Lipinski definition) is 3. The molecule has 1 aliphatic rings. The third-order valence-corrected chi connectivity index (χ3v) is 4.47. The molecule has 0 radical (unpaired) electrons. The third-order valence-electron chi connectivity index (χ3n) is 2.86. The molecule has 112 valence electrons. The Hall–Kier alpha value is -0.670. The van der Waals surface area contributed by atoms with E-state index in [-0.39, 0.29) is 18.7 Å². The molecule has 1 unspecified atom stereocenters. The van der Waals surface area contributed by atoms with Crippen LogP contribution in [-0.2, 0) is 15.0 Å². The van der Waals surface area contributed by atoms with Crippen LogP contribution in [0.4, 0.5) is 13.2 Å². The van der Waals surface area contributed by atoms with Crippen molar-refractivity contribution in [2.75, 3.05) is 13.1 Å². The van der Waals surface area contributed by atoms with Crippen LogP contribution in [0.3, 0.4) is 0 Å². The first kappa shape index (κ1) is 16.4. The molecule has 1 aliphatic heterocycles. The van der Waals surface area contributed by atoms with Crippen molar-refractivity contribution in [1.29, 1.82) is 0 Å². The van der Waals surface area contributed by atoms with Gasteiger partial charge in [-0.25, -0.2) is 0 Å². The zero-order valence-corrected chi connectivity index (χ0v) is 11.4. The molecule has 0 aromatic rings. The van der Waals surface area contributed by atoms with Crippen LogP contribution in [0.15, 0.2) is 0 Å². The molecule has 0 aromatic heterocycles. The SMILES string of the molecule is CC(=O)CC1CCCCN1S(=O)(=O)NCC(F)(F)F. The van der Waals surface area contributed by atoms with Crippen molar-refractivity contribution in [3.8, 4) is 0 Å². The Kier molecular flexibility index (Phi) is 5.34. The minimum atomic E-state index is -4.60.